The number of aliphatic hydroxyl groups is 1. The molecule has 0 aliphatic heterocycles. The molecule has 0 aliphatic carbocycles. The minimum atomic E-state index is -0.0198. The third-order valence-corrected chi connectivity index (χ3v) is 2.58. The predicted molar refractivity (Wildman–Crippen MR) is 66.7 cm³/mol. The molecule has 0 radical (unpaired) electrons. The van der Waals surface area contributed by atoms with E-state index in [0.29, 0.717) is 18.1 Å². The van der Waals surface area contributed by atoms with Gasteiger partial charge in [-0.2, -0.15) is 0 Å². The average Bonchev–Trinajstić information content (AvgIpc) is 2.82. The lowest BCUT2D eigenvalue weighted by atomic mass is 10.2. The molecule has 1 N–H and O–H groups in total. The smallest absolute Gasteiger partial charge is 0.161 e. The summed E-state index contributed by atoms with van der Waals surface area (Å²) in [5.41, 5.74) is 0.785. The summed E-state index contributed by atoms with van der Waals surface area (Å²) in [6.07, 6.45) is 0. The van der Waals surface area contributed by atoms with E-state index in [1.807, 2.05) is 19.1 Å². The number of hydrogen-bond donors (Lipinski definition) is 1. The summed E-state index contributed by atoms with van der Waals surface area (Å²) >= 11 is 0. The third-order valence-electron chi connectivity index (χ3n) is 2.58. The fourth-order valence-electron chi connectivity index (χ4n) is 1.64. The van der Waals surface area contributed by atoms with Crippen LogP contribution in [0.1, 0.15) is 17.1 Å². The van der Waals surface area contributed by atoms with Crippen LogP contribution < -0.4 is 9.47 Å². The Morgan fingerprint density at radius 2 is 2.00 bits per heavy atom. The Hall–Kier alpha value is -1.94. The van der Waals surface area contributed by atoms with Crippen molar-refractivity contribution in [3.05, 3.63) is 47.4 Å². The van der Waals surface area contributed by atoms with Gasteiger partial charge in [0.25, 0.3) is 0 Å². The van der Waals surface area contributed by atoms with Crippen molar-refractivity contribution in [2.24, 2.45) is 0 Å². The highest BCUT2D eigenvalue weighted by atomic mass is 16.5. The maximum absolute atomic E-state index is 9.05. The zero-order valence-corrected chi connectivity index (χ0v) is 10.5. The van der Waals surface area contributed by atoms with Gasteiger partial charge in [-0.1, -0.05) is 6.07 Å². The van der Waals surface area contributed by atoms with Crippen LogP contribution in [0.25, 0.3) is 0 Å². The van der Waals surface area contributed by atoms with E-state index in [2.05, 4.69) is 0 Å². The van der Waals surface area contributed by atoms with Crippen LogP contribution in [0.15, 0.2) is 34.7 Å². The van der Waals surface area contributed by atoms with Crippen molar-refractivity contribution < 1.29 is 19.0 Å². The van der Waals surface area contributed by atoms with Gasteiger partial charge in [-0.05, 0) is 36.8 Å². The van der Waals surface area contributed by atoms with Gasteiger partial charge < -0.3 is 19.0 Å². The predicted octanol–water partition coefficient (Wildman–Crippen LogP) is 2.67. The zero-order chi connectivity index (χ0) is 13.0. The number of ether oxygens (including phenoxy) is 2. The molecule has 0 fully saturated rings. The largest absolute Gasteiger partial charge is 0.493 e. The van der Waals surface area contributed by atoms with Crippen molar-refractivity contribution in [2.45, 2.75) is 20.1 Å². The van der Waals surface area contributed by atoms with Gasteiger partial charge in [-0.15, -0.1) is 0 Å². The SMILES string of the molecule is COc1cc(CO)ccc1OCc1ccc(C)o1. The minimum absolute atomic E-state index is 0.0198. The van der Waals surface area contributed by atoms with E-state index in [4.69, 9.17) is 19.0 Å². The molecule has 0 saturated carbocycles. The lowest BCUT2D eigenvalue weighted by Crippen LogP contribution is -1.97. The Kier molecular flexibility index (Phi) is 3.89. The van der Waals surface area contributed by atoms with Gasteiger partial charge in [0.05, 0.1) is 13.7 Å². The first kappa shape index (κ1) is 12.5. The highest BCUT2D eigenvalue weighted by Gasteiger charge is 2.07. The lowest BCUT2D eigenvalue weighted by Gasteiger charge is -2.10. The van der Waals surface area contributed by atoms with Crippen molar-refractivity contribution in [3.63, 3.8) is 0 Å². The first-order chi connectivity index (χ1) is 8.72. The maximum Gasteiger partial charge on any atom is 0.161 e. The molecule has 0 amide bonds. The summed E-state index contributed by atoms with van der Waals surface area (Å²) in [5, 5.41) is 9.05. The Bertz CT molecular complexity index is 516. The lowest BCUT2D eigenvalue weighted by molar-refractivity contribution is 0.252. The first-order valence-electron chi connectivity index (χ1n) is 5.69. The van der Waals surface area contributed by atoms with E-state index in [1.54, 1.807) is 25.3 Å². The van der Waals surface area contributed by atoms with Crippen LogP contribution in [0.2, 0.25) is 0 Å². The van der Waals surface area contributed by atoms with Gasteiger partial charge in [0.2, 0.25) is 0 Å². The molecule has 0 atom stereocenters. The quantitative estimate of drug-likeness (QED) is 0.883. The summed E-state index contributed by atoms with van der Waals surface area (Å²) in [7, 11) is 1.57. The van der Waals surface area contributed by atoms with Gasteiger partial charge >= 0.3 is 0 Å². The van der Waals surface area contributed by atoms with Crippen molar-refractivity contribution in [2.75, 3.05) is 7.11 Å². The van der Waals surface area contributed by atoms with Crippen LogP contribution >= 0.6 is 0 Å². The fraction of sp³-hybridized carbons (Fsp3) is 0.286. The summed E-state index contributed by atoms with van der Waals surface area (Å²) in [6.45, 7) is 2.22. The van der Waals surface area contributed by atoms with Crippen LogP contribution in [0, 0.1) is 6.92 Å². The molecule has 4 nitrogen and oxygen atoms in total. The molecule has 0 unspecified atom stereocenters. The number of aryl methyl sites for hydroxylation is 1. The second-order valence-corrected chi connectivity index (χ2v) is 3.94. The van der Waals surface area contributed by atoms with Crippen LogP contribution in [-0.4, -0.2) is 12.2 Å². The Balaban J connectivity index is 2.08. The van der Waals surface area contributed by atoms with E-state index in [1.165, 1.54) is 0 Å². The highest BCUT2D eigenvalue weighted by molar-refractivity contribution is 5.42. The second-order valence-electron chi connectivity index (χ2n) is 3.94. The van der Waals surface area contributed by atoms with Crippen LogP contribution in [0.4, 0.5) is 0 Å². The van der Waals surface area contributed by atoms with Crippen molar-refractivity contribution >= 4 is 0 Å². The minimum Gasteiger partial charge on any atom is -0.493 e. The van der Waals surface area contributed by atoms with Crippen molar-refractivity contribution in [3.8, 4) is 11.5 Å². The van der Waals surface area contributed by atoms with E-state index in [0.717, 1.165) is 17.1 Å². The second kappa shape index (κ2) is 5.60. The van der Waals surface area contributed by atoms with Gasteiger partial charge in [-0.25, -0.2) is 0 Å². The summed E-state index contributed by atoms with van der Waals surface area (Å²) in [6, 6.07) is 9.10. The molecule has 1 aromatic heterocycles. The number of methoxy groups -OCH3 is 1. The molecule has 1 aromatic carbocycles. The Morgan fingerprint density at radius 3 is 2.61 bits per heavy atom. The fourth-order valence-corrected chi connectivity index (χ4v) is 1.64. The van der Waals surface area contributed by atoms with Gasteiger partial charge in [0.15, 0.2) is 11.5 Å². The van der Waals surface area contributed by atoms with E-state index in [9.17, 15) is 0 Å². The average molecular weight is 248 g/mol. The molecule has 0 bridgehead atoms. The molecule has 0 saturated heterocycles. The summed E-state index contributed by atoms with van der Waals surface area (Å²) < 4.78 is 16.3. The molecule has 0 aliphatic rings. The molecular weight excluding hydrogens is 232 g/mol. The van der Waals surface area contributed by atoms with Crippen LogP contribution in [0.3, 0.4) is 0 Å². The zero-order valence-electron chi connectivity index (χ0n) is 10.5. The summed E-state index contributed by atoms with van der Waals surface area (Å²) in [4.78, 5) is 0. The van der Waals surface area contributed by atoms with Crippen molar-refractivity contribution in [1.82, 2.24) is 0 Å². The van der Waals surface area contributed by atoms with Crippen LogP contribution in [0.5, 0.6) is 11.5 Å². The van der Waals surface area contributed by atoms with E-state index >= 15 is 0 Å². The number of furan rings is 1. The first-order valence-corrected chi connectivity index (χ1v) is 5.69. The maximum atomic E-state index is 9.05. The standard InChI is InChI=1S/C14H16O4/c1-10-3-5-12(18-10)9-17-13-6-4-11(8-15)7-14(13)16-2/h3-7,15H,8-9H2,1-2H3. The number of benzene rings is 1. The topological polar surface area (TPSA) is 51.8 Å². The molecule has 96 valence electrons. The Morgan fingerprint density at radius 1 is 1.17 bits per heavy atom. The van der Waals surface area contributed by atoms with Gasteiger partial charge in [0.1, 0.15) is 18.1 Å². The Labute approximate surface area is 106 Å². The van der Waals surface area contributed by atoms with E-state index in [-0.39, 0.29) is 6.61 Å². The normalized spacial score (nSPS) is 10.4. The third kappa shape index (κ3) is 2.84. The molecule has 4 heteroatoms. The molecule has 0 spiro atoms. The summed E-state index contributed by atoms with van der Waals surface area (Å²) in [5.74, 6) is 2.85. The highest BCUT2D eigenvalue weighted by Crippen LogP contribution is 2.28. The number of rotatable bonds is 5. The molecule has 18 heavy (non-hydrogen) atoms. The van der Waals surface area contributed by atoms with Gasteiger partial charge in [-0.3, -0.25) is 0 Å². The van der Waals surface area contributed by atoms with Crippen LogP contribution in [-0.2, 0) is 13.2 Å². The molecule has 2 rings (SSSR count). The number of aliphatic hydroxyl groups excluding tert-OH is 1. The monoisotopic (exact) mass is 248 g/mol. The number of hydrogen-bond acceptors (Lipinski definition) is 4. The molecular formula is C14H16O4. The van der Waals surface area contributed by atoms with Crippen molar-refractivity contribution in [1.29, 1.82) is 0 Å². The van der Waals surface area contributed by atoms with E-state index < -0.39 is 0 Å². The molecule has 1 heterocycles. The molecule has 2 aromatic rings. The van der Waals surface area contributed by atoms with Gasteiger partial charge in [0, 0.05) is 0 Å².